The van der Waals surface area contributed by atoms with Gasteiger partial charge in [-0.15, -0.1) is 0 Å². The Kier molecular flexibility index (Phi) is 3.74. The molecule has 2 aliphatic rings. The molecule has 3 heteroatoms. The summed E-state index contributed by atoms with van der Waals surface area (Å²) >= 11 is 0. The molecule has 0 amide bonds. The van der Waals surface area contributed by atoms with Crippen LogP contribution in [0.5, 0.6) is 0 Å². The van der Waals surface area contributed by atoms with Gasteiger partial charge in [-0.1, -0.05) is 6.07 Å². The lowest BCUT2D eigenvalue weighted by atomic mass is 9.93. The van der Waals surface area contributed by atoms with Crippen molar-refractivity contribution in [3.05, 3.63) is 29.3 Å². The van der Waals surface area contributed by atoms with Crippen molar-refractivity contribution in [2.24, 2.45) is 5.73 Å². The summed E-state index contributed by atoms with van der Waals surface area (Å²) in [5.74, 6) is 0. The third-order valence-electron chi connectivity index (χ3n) is 5.42. The molecule has 3 nitrogen and oxygen atoms in total. The first-order valence-electron chi connectivity index (χ1n) is 8.23. The smallest absolute Gasteiger partial charge is 0.0662 e. The molecule has 1 aromatic rings. The standard InChI is InChI=1S/C18H29N3/c1-13-7-14(2)9-17(8-13)20(4)18(11-19)10-15(3)21(12-18)16-5-6-16/h7-9,15-16H,5-6,10-12,19H2,1-4H3. The normalized spacial score (nSPS) is 29.9. The number of likely N-dealkylation sites (N-methyl/N-ethyl adjacent to an activating group) is 1. The van der Waals surface area contributed by atoms with Gasteiger partial charge in [-0.2, -0.15) is 0 Å². The van der Waals surface area contributed by atoms with Crippen LogP contribution in [0.25, 0.3) is 0 Å². The Morgan fingerprint density at radius 1 is 1.24 bits per heavy atom. The lowest BCUT2D eigenvalue weighted by molar-refractivity contribution is 0.249. The summed E-state index contributed by atoms with van der Waals surface area (Å²) in [4.78, 5) is 5.14. The van der Waals surface area contributed by atoms with Crippen LogP contribution in [0.4, 0.5) is 5.69 Å². The van der Waals surface area contributed by atoms with E-state index in [1.807, 2.05) is 0 Å². The van der Waals surface area contributed by atoms with Gasteiger partial charge in [0.25, 0.3) is 0 Å². The fourth-order valence-electron chi connectivity index (χ4n) is 4.07. The van der Waals surface area contributed by atoms with Crippen LogP contribution in [0.1, 0.15) is 37.3 Å². The number of likely N-dealkylation sites (tertiary alicyclic amines) is 1. The number of rotatable bonds is 4. The van der Waals surface area contributed by atoms with Gasteiger partial charge in [0.05, 0.1) is 5.54 Å². The van der Waals surface area contributed by atoms with Crippen LogP contribution in [-0.4, -0.2) is 42.7 Å². The SMILES string of the molecule is Cc1cc(C)cc(N(C)C2(CN)CC(C)N(C3CC3)C2)c1. The van der Waals surface area contributed by atoms with E-state index in [9.17, 15) is 0 Å². The van der Waals surface area contributed by atoms with E-state index in [-0.39, 0.29) is 5.54 Å². The molecule has 1 aromatic carbocycles. The van der Waals surface area contributed by atoms with Crippen molar-refractivity contribution in [3.63, 3.8) is 0 Å². The Morgan fingerprint density at radius 3 is 2.38 bits per heavy atom. The number of benzene rings is 1. The molecular weight excluding hydrogens is 258 g/mol. The maximum Gasteiger partial charge on any atom is 0.0662 e. The van der Waals surface area contributed by atoms with Gasteiger partial charge in [0.15, 0.2) is 0 Å². The number of anilines is 1. The van der Waals surface area contributed by atoms with Gasteiger partial charge in [-0.3, -0.25) is 4.90 Å². The zero-order valence-electron chi connectivity index (χ0n) is 13.9. The summed E-state index contributed by atoms with van der Waals surface area (Å²) < 4.78 is 0. The molecule has 0 radical (unpaired) electrons. The van der Waals surface area contributed by atoms with Crippen molar-refractivity contribution in [2.75, 3.05) is 25.0 Å². The first-order valence-corrected chi connectivity index (χ1v) is 8.23. The molecule has 2 atom stereocenters. The predicted octanol–water partition coefficient (Wildman–Crippen LogP) is 2.69. The predicted molar refractivity (Wildman–Crippen MR) is 89.9 cm³/mol. The molecule has 3 rings (SSSR count). The fourth-order valence-corrected chi connectivity index (χ4v) is 4.07. The zero-order valence-corrected chi connectivity index (χ0v) is 13.9. The van der Waals surface area contributed by atoms with Gasteiger partial charge < -0.3 is 10.6 Å². The number of aryl methyl sites for hydroxylation is 2. The maximum atomic E-state index is 6.26. The minimum Gasteiger partial charge on any atom is -0.366 e. The Bertz CT molecular complexity index is 503. The van der Waals surface area contributed by atoms with Gasteiger partial charge in [-0.25, -0.2) is 0 Å². The van der Waals surface area contributed by atoms with Crippen molar-refractivity contribution < 1.29 is 0 Å². The average molecular weight is 287 g/mol. The lowest BCUT2D eigenvalue weighted by Gasteiger charge is -2.40. The monoisotopic (exact) mass is 287 g/mol. The molecule has 0 spiro atoms. The highest BCUT2D eigenvalue weighted by atomic mass is 15.3. The maximum absolute atomic E-state index is 6.26. The van der Waals surface area contributed by atoms with Gasteiger partial charge >= 0.3 is 0 Å². The van der Waals surface area contributed by atoms with Gasteiger partial charge in [0.1, 0.15) is 0 Å². The van der Waals surface area contributed by atoms with E-state index in [0.717, 1.165) is 19.1 Å². The molecule has 1 aliphatic carbocycles. The third kappa shape index (κ3) is 2.69. The van der Waals surface area contributed by atoms with Gasteiger partial charge in [0.2, 0.25) is 0 Å². The first-order chi connectivity index (χ1) is 9.95. The molecule has 0 bridgehead atoms. The summed E-state index contributed by atoms with van der Waals surface area (Å²) in [7, 11) is 2.23. The molecule has 21 heavy (non-hydrogen) atoms. The lowest BCUT2D eigenvalue weighted by Crippen LogP contribution is -2.54. The highest BCUT2D eigenvalue weighted by Crippen LogP contribution is 2.40. The second kappa shape index (κ2) is 5.29. The van der Waals surface area contributed by atoms with Crippen molar-refractivity contribution in [3.8, 4) is 0 Å². The summed E-state index contributed by atoms with van der Waals surface area (Å²) in [6.07, 6.45) is 3.92. The quantitative estimate of drug-likeness (QED) is 0.924. The topological polar surface area (TPSA) is 32.5 Å². The average Bonchev–Trinajstić information content (AvgIpc) is 3.21. The fraction of sp³-hybridized carbons (Fsp3) is 0.667. The minimum atomic E-state index is 0.0856. The van der Waals surface area contributed by atoms with Crippen LogP contribution < -0.4 is 10.6 Å². The third-order valence-corrected chi connectivity index (χ3v) is 5.42. The number of nitrogens with zero attached hydrogens (tertiary/aromatic N) is 2. The molecule has 2 unspecified atom stereocenters. The van der Waals surface area contributed by atoms with Crippen molar-refractivity contribution in [2.45, 2.75) is 57.7 Å². The molecule has 2 fully saturated rings. The van der Waals surface area contributed by atoms with Crippen LogP contribution in [0.3, 0.4) is 0 Å². The Hall–Kier alpha value is -1.06. The van der Waals surface area contributed by atoms with Crippen LogP contribution in [0.2, 0.25) is 0 Å². The van der Waals surface area contributed by atoms with Gasteiger partial charge in [-0.05, 0) is 63.3 Å². The molecule has 1 saturated carbocycles. The molecule has 116 valence electrons. The minimum absolute atomic E-state index is 0.0856. The summed E-state index contributed by atoms with van der Waals surface area (Å²) in [5.41, 5.74) is 10.3. The van der Waals surface area contributed by atoms with Crippen molar-refractivity contribution >= 4 is 5.69 Å². The summed E-state index contributed by atoms with van der Waals surface area (Å²) in [6.45, 7) is 8.55. The first kappa shape index (κ1) is 14.9. The van der Waals surface area contributed by atoms with E-state index in [0.29, 0.717) is 6.04 Å². The van der Waals surface area contributed by atoms with E-state index >= 15 is 0 Å². The van der Waals surface area contributed by atoms with Crippen LogP contribution in [-0.2, 0) is 0 Å². The Labute approximate surface area is 129 Å². The molecule has 1 heterocycles. The van der Waals surface area contributed by atoms with E-state index in [2.05, 4.69) is 55.8 Å². The number of hydrogen-bond acceptors (Lipinski definition) is 3. The van der Waals surface area contributed by atoms with E-state index in [4.69, 9.17) is 5.73 Å². The molecule has 0 aromatic heterocycles. The second-order valence-electron chi connectivity index (χ2n) is 7.29. The highest BCUT2D eigenvalue weighted by molar-refractivity contribution is 5.53. The number of hydrogen-bond donors (Lipinski definition) is 1. The molecule has 1 aliphatic heterocycles. The van der Waals surface area contributed by atoms with E-state index in [1.54, 1.807) is 0 Å². The zero-order chi connectivity index (χ0) is 15.2. The van der Waals surface area contributed by atoms with E-state index in [1.165, 1.54) is 36.1 Å². The van der Waals surface area contributed by atoms with Crippen LogP contribution >= 0.6 is 0 Å². The van der Waals surface area contributed by atoms with E-state index < -0.39 is 0 Å². The Balaban J connectivity index is 1.88. The molecule has 2 N–H and O–H groups in total. The summed E-state index contributed by atoms with van der Waals surface area (Å²) in [5, 5.41) is 0. The second-order valence-corrected chi connectivity index (χ2v) is 7.29. The van der Waals surface area contributed by atoms with Crippen molar-refractivity contribution in [1.82, 2.24) is 4.90 Å². The molecular formula is C18H29N3. The van der Waals surface area contributed by atoms with Crippen LogP contribution in [0.15, 0.2) is 18.2 Å². The summed E-state index contributed by atoms with van der Waals surface area (Å²) in [6, 6.07) is 8.28. The number of nitrogens with two attached hydrogens (primary N) is 1. The Morgan fingerprint density at radius 2 is 1.86 bits per heavy atom. The van der Waals surface area contributed by atoms with Gasteiger partial charge in [0, 0.05) is 37.9 Å². The molecule has 1 saturated heterocycles. The highest BCUT2D eigenvalue weighted by Gasteiger charge is 2.48. The largest absolute Gasteiger partial charge is 0.366 e. The van der Waals surface area contributed by atoms with Crippen molar-refractivity contribution in [1.29, 1.82) is 0 Å². The van der Waals surface area contributed by atoms with Crippen LogP contribution in [0, 0.1) is 13.8 Å².